The highest BCUT2D eigenvalue weighted by Gasteiger charge is 2.19. The van der Waals surface area contributed by atoms with E-state index < -0.39 is 5.97 Å². The van der Waals surface area contributed by atoms with Crippen molar-refractivity contribution in [2.45, 2.75) is 89.8 Å². The number of aliphatic carboxylic acids is 1. The molecule has 0 spiro atoms. The number of hydrogen-bond donors (Lipinski definition) is 5. The molecule has 0 aromatic heterocycles. The second kappa shape index (κ2) is 27.7. The van der Waals surface area contributed by atoms with Crippen LogP contribution < -0.4 is 21.7 Å². The van der Waals surface area contributed by atoms with E-state index in [1.807, 2.05) is 65.8 Å². The first kappa shape index (κ1) is 50.2. The summed E-state index contributed by atoms with van der Waals surface area (Å²) in [5, 5.41) is 16.9. The molecule has 0 bridgehead atoms. The van der Waals surface area contributed by atoms with Crippen LogP contribution in [0.15, 0.2) is 24.3 Å². The first-order chi connectivity index (χ1) is 22.8. The first-order valence-electron chi connectivity index (χ1n) is 15.2. The lowest BCUT2D eigenvalue weighted by Crippen LogP contribution is -2.37. The van der Waals surface area contributed by atoms with Crippen molar-refractivity contribution < 1.29 is 24.3 Å². The van der Waals surface area contributed by atoms with E-state index in [9.17, 15) is 19.2 Å². The van der Waals surface area contributed by atoms with Gasteiger partial charge in [-0.05, 0) is 200 Å². The van der Waals surface area contributed by atoms with E-state index in [0.29, 0.717) is 17.9 Å². The molecule has 49 heavy (non-hydrogen) atoms. The summed E-state index contributed by atoms with van der Waals surface area (Å²) in [6.45, 7) is 11.6. The highest BCUT2D eigenvalue weighted by atomic mass is 127. The average molecular weight is 1390 g/mol. The molecule has 6 N–H and O–H groups in total. The van der Waals surface area contributed by atoms with Crippen molar-refractivity contribution in [1.82, 2.24) is 10.6 Å². The van der Waals surface area contributed by atoms with Crippen molar-refractivity contribution in [2.75, 3.05) is 22.6 Å². The minimum Gasteiger partial charge on any atom is -0.481 e. The topological polar surface area (TPSA) is 151 Å². The van der Waals surface area contributed by atoms with Crippen LogP contribution in [0.3, 0.4) is 0 Å². The third-order valence-electron chi connectivity index (χ3n) is 5.75. The quantitative estimate of drug-likeness (QED) is 0.0673. The summed E-state index contributed by atoms with van der Waals surface area (Å²) in [6, 6.07) is 8.17. The van der Waals surface area contributed by atoms with Gasteiger partial charge in [0.1, 0.15) is 0 Å². The molecule has 17 heteroatoms. The molecule has 2 unspecified atom stereocenters. The molecule has 0 aliphatic heterocycles. The SMILES string of the molecule is CCC(SCCC(=O)Nc1cc(I)c(I)c(I)c1)C(=O)NC(C)C.CCC(SCCC(=O)O)C(=O)NC(C)C.Nc1cc(I)c(I)c(I)c1. The smallest absolute Gasteiger partial charge is 0.304 e. The average Bonchev–Trinajstić information content (AvgIpc) is 2.98. The largest absolute Gasteiger partial charge is 0.481 e. The molecule has 0 fully saturated rings. The second-order valence-electron chi connectivity index (χ2n) is 10.9. The van der Waals surface area contributed by atoms with Gasteiger partial charge >= 0.3 is 5.97 Å². The highest BCUT2D eigenvalue weighted by Crippen LogP contribution is 2.26. The van der Waals surface area contributed by atoms with E-state index >= 15 is 0 Å². The van der Waals surface area contributed by atoms with Crippen LogP contribution in [-0.4, -0.2) is 62.9 Å². The summed E-state index contributed by atoms with van der Waals surface area (Å²) in [6.07, 6.45) is 1.99. The number of carboxylic acid groups (broad SMARTS) is 1. The van der Waals surface area contributed by atoms with Gasteiger partial charge in [0.25, 0.3) is 0 Å². The van der Waals surface area contributed by atoms with Crippen molar-refractivity contribution in [1.29, 1.82) is 0 Å². The standard InChI is InChI=1S/C16H21I3N2O2S.C10H19NO3S.C6H4I3N/c1-4-13(16(23)20-9(2)3)24-6-5-14(22)21-10-7-11(17)15(19)12(18)8-10;1-4-8(10(14)11-7(2)3)15-6-5-9(12)13;7-4-1-3(10)2-5(8)6(4)9/h7-9,13H,4-6H2,1-3H3,(H,20,23)(H,21,22);7-8H,4-6H2,1-3H3,(H,11,14)(H,12,13);1-2H,10H2. The number of nitrogens with two attached hydrogens (primary N) is 1. The van der Waals surface area contributed by atoms with Crippen LogP contribution >= 0.6 is 159 Å². The summed E-state index contributed by atoms with van der Waals surface area (Å²) < 4.78 is 7.19. The zero-order valence-corrected chi connectivity index (χ0v) is 42.7. The molecule has 2 aromatic rings. The van der Waals surface area contributed by atoms with Crippen LogP contribution in [0.1, 0.15) is 67.2 Å². The molecular formula is C32H44I6N4O5S2. The van der Waals surface area contributed by atoms with Gasteiger partial charge in [-0.2, -0.15) is 0 Å². The summed E-state index contributed by atoms with van der Waals surface area (Å²) in [5.41, 5.74) is 7.28. The lowest BCUT2D eigenvalue weighted by Gasteiger charge is -2.16. The Bertz CT molecular complexity index is 1340. The van der Waals surface area contributed by atoms with Crippen LogP contribution in [0.25, 0.3) is 0 Å². The molecule has 3 amide bonds. The van der Waals surface area contributed by atoms with E-state index in [1.54, 1.807) is 11.8 Å². The highest BCUT2D eigenvalue weighted by molar-refractivity contribution is 14.1. The molecule has 9 nitrogen and oxygen atoms in total. The fourth-order valence-electron chi connectivity index (χ4n) is 3.52. The number of rotatable bonds is 15. The van der Waals surface area contributed by atoms with Gasteiger partial charge in [-0.3, -0.25) is 19.2 Å². The summed E-state index contributed by atoms with van der Waals surface area (Å²) in [7, 11) is 0. The Morgan fingerprint density at radius 3 is 1.41 bits per heavy atom. The number of thioether (sulfide) groups is 2. The summed E-state index contributed by atoms with van der Waals surface area (Å²) in [5.74, 6) is 0.340. The fraction of sp³-hybridized carbons (Fsp3) is 0.500. The number of hydrogen-bond acceptors (Lipinski definition) is 7. The van der Waals surface area contributed by atoms with Crippen molar-refractivity contribution in [3.8, 4) is 0 Å². The van der Waals surface area contributed by atoms with Gasteiger partial charge in [-0.15, -0.1) is 23.5 Å². The molecule has 0 aliphatic carbocycles. The molecule has 0 saturated carbocycles. The van der Waals surface area contributed by atoms with Crippen LogP contribution in [0, 0.1) is 21.4 Å². The Kier molecular flexibility index (Phi) is 28.4. The minimum absolute atomic E-state index is 0.00267. The van der Waals surface area contributed by atoms with E-state index in [1.165, 1.54) is 26.0 Å². The zero-order valence-electron chi connectivity index (χ0n) is 28.1. The summed E-state index contributed by atoms with van der Waals surface area (Å²) >= 11 is 16.7. The number of nitrogens with one attached hydrogen (secondary N) is 3. The molecule has 0 saturated heterocycles. The molecule has 2 rings (SSSR count). The van der Waals surface area contributed by atoms with Gasteiger partial charge in [0.15, 0.2) is 0 Å². The van der Waals surface area contributed by atoms with Gasteiger partial charge in [0.05, 0.1) is 16.9 Å². The van der Waals surface area contributed by atoms with Crippen molar-refractivity contribution in [3.63, 3.8) is 0 Å². The number of carbonyl (C=O) groups is 4. The third kappa shape index (κ3) is 22.9. The van der Waals surface area contributed by atoms with E-state index in [2.05, 4.69) is 151 Å². The Morgan fingerprint density at radius 1 is 0.694 bits per heavy atom. The molecule has 0 radical (unpaired) electrons. The third-order valence-corrected chi connectivity index (χ3v) is 18.4. The molecule has 0 aliphatic rings. The lowest BCUT2D eigenvalue weighted by atomic mass is 10.3. The Labute approximate surface area is 381 Å². The normalized spacial score (nSPS) is 11.8. The molecule has 0 heterocycles. The van der Waals surface area contributed by atoms with Crippen LogP contribution in [0.4, 0.5) is 11.4 Å². The number of anilines is 2. The molecule has 2 aromatic carbocycles. The Hall–Kier alpha value is 1.20. The first-order valence-corrected chi connectivity index (χ1v) is 23.8. The fourth-order valence-corrected chi connectivity index (χ4v) is 9.80. The van der Waals surface area contributed by atoms with Crippen molar-refractivity contribution in [3.05, 3.63) is 45.7 Å². The summed E-state index contributed by atoms with van der Waals surface area (Å²) in [4.78, 5) is 46.0. The maximum Gasteiger partial charge on any atom is 0.304 e. The van der Waals surface area contributed by atoms with Crippen molar-refractivity contribution >= 4 is 194 Å². The molecular weight excluding hydrogens is 1350 g/mol. The van der Waals surface area contributed by atoms with Crippen LogP contribution in [0.5, 0.6) is 0 Å². The maximum absolute atomic E-state index is 12.1. The number of nitrogen functional groups attached to an aromatic ring is 1. The molecule has 2 atom stereocenters. The number of benzene rings is 2. The number of carboxylic acids is 1. The predicted octanol–water partition coefficient (Wildman–Crippen LogP) is 9.45. The van der Waals surface area contributed by atoms with E-state index in [0.717, 1.165) is 31.4 Å². The minimum atomic E-state index is -0.818. The Morgan fingerprint density at radius 2 is 1.06 bits per heavy atom. The van der Waals surface area contributed by atoms with Gasteiger partial charge in [0.2, 0.25) is 17.7 Å². The number of halogens is 6. The number of carbonyl (C=O) groups excluding carboxylic acids is 3. The predicted molar refractivity (Wildman–Crippen MR) is 259 cm³/mol. The Balaban J connectivity index is 0.000000782. The van der Waals surface area contributed by atoms with E-state index in [4.69, 9.17) is 10.8 Å². The monoisotopic (exact) mass is 1390 g/mol. The van der Waals surface area contributed by atoms with Crippen LogP contribution in [-0.2, 0) is 19.2 Å². The lowest BCUT2D eigenvalue weighted by molar-refractivity contribution is -0.136. The van der Waals surface area contributed by atoms with Gasteiger partial charge in [-0.25, -0.2) is 0 Å². The van der Waals surface area contributed by atoms with Gasteiger partial charge in [-0.1, -0.05) is 13.8 Å². The second-order valence-corrected chi connectivity index (χ2v) is 20.3. The van der Waals surface area contributed by atoms with E-state index in [-0.39, 0.29) is 46.7 Å². The van der Waals surface area contributed by atoms with Gasteiger partial charge < -0.3 is 26.8 Å². The van der Waals surface area contributed by atoms with Crippen molar-refractivity contribution in [2.24, 2.45) is 0 Å². The number of amides is 3. The zero-order chi connectivity index (χ0) is 37.8. The van der Waals surface area contributed by atoms with Gasteiger partial charge in [0, 0.05) is 62.8 Å². The van der Waals surface area contributed by atoms with Crippen LogP contribution in [0.2, 0.25) is 0 Å². The molecule has 276 valence electrons. The maximum atomic E-state index is 12.1.